The quantitative estimate of drug-likeness (QED) is 0.124. The van der Waals surface area contributed by atoms with E-state index in [4.69, 9.17) is 27.4 Å². The largest absolute Gasteiger partial charge is 0.507 e. The molecule has 3 aromatic carbocycles. The monoisotopic (exact) mass is 943 g/mol. The van der Waals surface area contributed by atoms with Gasteiger partial charge in [0.25, 0.3) is 5.91 Å². The summed E-state index contributed by atoms with van der Waals surface area (Å²) >= 11 is 6.14. The van der Waals surface area contributed by atoms with E-state index in [9.17, 15) is 14.7 Å². The summed E-state index contributed by atoms with van der Waals surface area (Å²) in [6.45, 7) is 7.92. The summed E-state index contributed by atoms with van der Waals surface area (Å²) in [4.78, 5) is 36.5. The molecule has 16 heteroatoms. The van der Waals surface area contributed by atoms with Gasteiger partial charge < -0.3 is 44.8 Å². The third-order valence-electron chi connectivity index (χ3n) is 16.8. The predicted molar refractivity (Wildman–Crippen MR) is 264 cm³/mol. The van der Waals surface area contributed by atoms with E-state index < -0.39 is 5.54 Å². The summed E-state index contributed by atoms with van der Waals surface area (Å²) in [5.41, 5.74) is 10.7. The number of nitrogens with two attached hydrogens (primary N) is 1. The molecule has 4 saturated heterocycles. The van der Waals surface area contributed by atoms with E-state index in [1.807, 2.05) is 37.3 Å². The van der Waals surface area contributed by atoms with Crippen LogP contribution in [-0.4, -0.2) is 119 Å². The van der Waals surface area contributed by atoms with Crippen LogP contribution in [-0.2, 0) is 15.0 Å². The summed E-state index contributed by atoms with van der Waals surface area (Å²) in [7, 11) is 2.12. The van der Waals surface area contributed by atoms with Crippen LogP contribution in [0.4, 0.5) is 27.3 Å². The molecule has 14 nitrogen and oxygen atoms in total. The third kappa shape index (κ3) is 7.89. The fourth-order valence-corrected chi connectivity index (χ4v) is 13.4. The fraction of sp³-hybridized carbons (Fsp3) is 0.519. The number of imide groups is 1. The number of aromatic nitrogens is 2. The molecule has 358 valence electrons. The lowest BCUT2D eigenvalue weighted by Crippen LogP contribution is -2.63. The zero-order valence-corrected chi connectivity index (χ0v) is 39.9. The molecule has 5 atom stereocenters. The van der Waals surface area contributed by atoms with Crippen LogP contribution in [0.5, 0.6) is 17.2 Å². The average Bonchev–Trinajstić information content (AvgIpc) is 3.70. The zero-order chi connectivity index (χ0) is 46.9. The van der Waals surface area contributed by atoms with Crippen molar-refractivity contribution in [2.45, 2.75) is 94.2 Å². The number of anilines is 4. The van der Waals surface area contributed by atoms with E-state index in [0.717, 1.165) is 124 Å². The van der Waals surface area contributed by atoms with Crippen LogP contribution in [0.3, 0.4) is 0 Å². The van der Waals surface area contributed by atoms with Gasteiger partial charge in [0.05, 0.1) is 29.3 Å². The number of ether oxygens (including phenoxy) is 2. The lowest BCUT2D eigenvalue weighted by Gasteiger charge is -2.53. The maximum absolute atomic E-state index is 15.6. The summed E-state index contributed by atoms with van der Waals surface area (Å²) in [6, 6.07) is 21.0. The Morgan fingerprint density at radius 3 is 2.50 bits per heavy atom. The number of piperidine rings is 3. The van der Waals surface area contributed by atoms with Gasteiger partial charge in [-0.25, -0.2) is 4.39 Å². The van der Waals surface area contributed by atoms with E-state index in [0.29, 0.717) is 72.6 Å². The van der Waals surface area contributed by atoms with Gasteiger partial charge >= 0.3 is 0 Å². The summed E-state index contributed by atoms with van der Waals surface area (Å²) < 4.78 is 28.6. The molecular weight excluding hydrogens is 882 g/mol. The Morgan fingerprint density at radius 2 is 1.71 bits per heavy atom. The first kappa shape index (κ1) is 44.6. The summed E-state index contributed by atoms with van der Waals surface area (Å²) in [5.74, 6) is 2.68. The van der Waals surface area contributed by atoms with E-state index in [-0.39, 0.29) is 34.9 Å². The number of fused-ring (bicyclic) bond motifs is 2. The van der Waals surface area contributed by atoms with E-state index >= 15 is 4.39 Å². The van der Waals surface area contributed by atoms with Crippen molar-refractivity contribution in [1.29, 1.82) is 0 Å². The number of carbonyl (C=O) groups is 2. The highest BCUT2D eigenvalue weighted by molar-refractivity contribution is 7.80. The second kappa shape index (κ2) is 17.6. The summed E-state index contributed by atoms with van der Waals surface area (Å²) in [5, 5.41) is 22.6. The molecule has 11 rings (SSSR count). The van der Waals surface area contributed by atoms with Crippen LogP contribution >= 0.6 is 12.2 Å². The first-order valence-electron chi connectivity index (χ1n) is 24.7. The number of carbonyl (C=O) groups excluding carboxylic acids is 2. The number of nitrogen functional groups attached to an aromatic ring is 1. The Labute approximate surface area is 402 Å². The van der Waals surface area contributed by atoms with Gasteiger partial charge in [-0.15, -0.1) is 10.2 Å². The molecule has 2 bridgehead atoms. The van der Waals surface area contributed by atoms with Crippen molar-refractivity contribution in [3.63, 3.8) is 0 Å². The Bertz CT molecular complexity index is 2620. The summed E-state index contributed by atoms with van der Waals surface area (Å²) in [6.07, 6.45) is 8.46. The van der Waals surface area contributed by atoms with Crippen molar-refractivity contribution < 1.29 is 28.6 Å². The van der Waals surface area contributed by atoms with E-state index in [1.165, 1.54) is 0 Å². The number of para-hydroxylation sites is 2. The van der Waals surface area contributed by atoms with Crippen molar-refractivity contribution >= 4 is 52.0 Å². The number of nitrogens with one attached hydrogen (secondary N) is 1. The van der Waals surface area contributed by atoms with Crippen LogP contribution in [0, 0.1) is 23.6 Å². The molecule has 1 aromatic heterocycles. The molecule has 4 N–H and O–H groups in total. The maximum Gasteiger partial charge on any atom is 0.252 e. The van der Waals surface area contributed by atoms with Crippen molar-refractivity contribution in [1.82, 2.24) is 25.3 Å². The van der Waals surface area contributed by atoms with E-state index in [2.05, 4.69) is 59.2 Å². The van der Waals surface area contributed by atoms with Gasteiger partial charge in [-0.3, -0.25) is 14.9 Å². The standard InChI is InChI=1S/C52H62FN9O5S/c1-51(16-10-46(64)55-49(51)65)62-22-23-66-47-42(7-5-8-43(47)62)59-18-12-36(13-19-59)58(2)50(68)60-20-14-37(15-21-60)67-38-26-34(25-35(53)27-38)52-29-32-11-17-61(31-33(30-52)40(52)24-32)44-28-41(56-57-48(44)54)39-6-3-4-9-45(39)63/h3-9,25-28,32-33,36-37,40,63H,10-24,29-31H2,1-2H3,(H2,54,57)(H,55,64,65)/t32-,33-,40?,51+,52?/m0/s1. The topological polar surface area (TPSA) is 153 Å². The molecular formula is C52H62FN9O5S. The molecule has 4 aromatic rings. The molecule has 0 radical (unpaired) electrons. The number of thiocarbonyl (C=S) groups is 1. The van der Waals surface area contributed by atoms with Crippen molar-refractivity contribution in [2.24, 2.45) is 17.8 Å². The van der Waals surface area contributed by atoms with Gasteiger partial charge in [-0.1, -0.05) is 18.2 Å². The number of phenolic OH excluding ortho intramolecular Hbond substituents is 1. The van der Waals surface area contributed by atoms with Gasteiger partial charge in [0.15, 0.2) is 16.7 Å². The van der Waals surface area contributed by atoms with Crippen LogP contribution in [0.2, 0.25) is 0 Å². The molecule has 5 aliphatic heterocycles. The number of rotatable bonds is 8. The normalized spacial score (nSPS) is 27.4. The highest BCUT2D eigenvalue weighted by atomic mass is 32.1. The van der Waals surface area contributed by atoms with Gasteiger partial charge in [0.2, 0.25) is 5.91 Å². The average molecular weight is 944 g/mol. The second-order valence-corrected chi connectivity index (χ2v) is 21.0. The number of hydrogen-bond acceptors (Lipinski definition) is 12. The van der Waals surface area contributed by atoms with Crippen molar-refractivity contribution in [2.75, 3.05) is 79.9 Å². The molecule has 2 aliphatic carbocycles. The second-order valence-electron chi connectivity index (χ2n) is 20.7. The highest BCUT2D eigenvalue weighted by Crippen LogP contribution is 2.65. The first-order valence-corrected chi connectivity index (χ1v) is 25.1. The van der Waals surface area contributed by atoms with Crippen molar-refractivity contribution in [3.05, 3.63) is 78.1 Å². The molecule has 0 spiro atoms. The predicted octanol–water partition coefficient (Wildman–Crippen LogP) is 6.89. The molecule has 6 fully saturated rings. The van der Waals surface area contributed by atoms with Gasteiger partial charge in [0, 0.05) is 83.3 Å². The molecule has 2 amide bonds. The minimum atomic E-state index is -0.820. The minimum Gasteiger partial charge on any atom is -0.507 e. The fourth-order valence-electron chi connectivity index (χ4n) is 13.1. The maximum atomic E-state index is 15.6. The number of likely N-dealkylation sites (tertiary alicyclic amines) is 1. The van der Waals surface area contributed by atoms with Gasteiger partial charge in [-0.2, -0.15) is 0 Å². The van der Waals surface area contributed by atoms with E-state index in [1.54, 1.807) is 24.3 Å². The Hall–Kier alpha value is -5.90. The number of hydrogen-bond donors (Lipinski definition) is 3. The minimum absolute atomic E-state index is 0.0266. The van der Waals surface area contributed by atoms with Crippen LogP contribution in [0.1, 0.15) is 76.7 Å². The smallest absolute Gasteiger partial charge is 0.252 e. The van der Waals surface area contributed by atoms with Gasteiger partial charge in [-0.05, 0) is 135 Å². The number of phenols is 1. The lowest BCUT2D eigenvalue weighted by molar-refractivity contribution is -0.137. The first-order chi connectivity index (χ1) is 32.9. The van der Waals surface area contributed by atoms with Gasteiger partial charge in [0.1, 0.15) is 35.6 Å². The number of aromatic hydroxyl groups is 1. The molecule has 6 heterocycles. The Balaban J connectivity index is 0.691. The zero-order valence-electron chi connectivity index (χ0n) is 39.0. The molecule has 2 saturated carbocycles. The van der Waals surface area contributed by atoms with Crippen molar-refractivity contribution in [3.8, 4) is 28.5 Å². The number of benzene rings is 3. The molecule has 7 aliphatic rings. The third-order valence-corrected chi connectivity index (χ3v) is 17.4. The number of amides is 2. The molecule has 2 unspecified atom stereocenters. The highest BCUT2D eigenvalue weighted by Gasteiger charge is 2.60. The molecule has 68 heavy (non-hydrogen) atoms. The number of nitrogens with zero attached hydrogens (tertiary/aromatic N) is 7. The Morgan fingerprint density at radius 1 is 0.926 bits per heavy atom. The van der Waals surface area contributed by atoms with Crippen LogP contribution in [0.15, 0.2) is 66.7 Å². The van der Waals surface area contributed by atoms with Crippen LogP contribution in [0.25, 0.3) is 11.3 Å². The number of halogens is 1. The SMILES string of the molecule is CN(C(=S)N1CCC(Oc2cc(F)cc(C34C[C@H]5CCN(c6cc(-c7ccccc7O)nnc6N)C[C@H](C3)C4C5)c2)CC1)C1CCN(c2cccc3c2OCCN3[C@]2(C)CCC(=O)NC2=O)CC1. The van der Waals surface area contributed by atoms with Crippen LogP contribution < -0.4 is 35.2 Å². The Kier molecular flexibility index (Phi) is 11.5. The lowest BCUT2D eigenvalue weighted by atomic mass is 9.52.